The van der Waals surface area contributed by atoms with E-state index >= 15 is 0 Å². The molecule has 7 atom stereocenters. The van der Waals surface area contributed by atoms with E-state index in [9.17, 15) is 4.79 Å². The van der Waals surface area contributed by atoms with Crippen molar-refractivity contribution in [3.05, 3.63) is 0 Å². The fraction of sp³-hybridized carbons (Fsp3) is 0.969. The number of hydrogen-bond donors (Lipinski definition) is 0. The van der Waals surface area contributed by atoms with Crippen LogP contribution in [0.1, 0.15) is 142 Å². The highest BCUT2D eigenvalue weighted by atomic mass is 16.5. The minimum atomic E-state index is -0.195. The molecule has 35 heavy (non-hydrogen) atoms. The van der Waals surface area contributed by atoms with Crippen molar-refractivity contribution in [1.82, 2.24) is 0 Å². The summed E-state index contributed by atoms with van der Waals surface area (Å²) in [6.45, 7) is 30.2. The van der Waals surface area contributed by atoms with Crippen LogP contribution in [0, 0.1) is 41.4 Å². The Hall–Kier alpha value is -0.570. The third kappa shape index (κ3) is 21.2. The second-order valence-corrected chi connectivity index (χ2v) is 11.6. The second-order valence-electron chi connectivity index (χ2n) is 11.6. The lowest BCUT2D eigenvalue weighted by Crippen LogP contribution is -2.22. The van der Waals surface area contributed by atoms with Gasteiger partial charge in [0.1, 0.15) is 0 Å². The molecule has 0 saturated heterocycles. The van der Waals surface area contributed by atoms with Crippen LogP contribution in [-0.4, -0.2) is 25.3 Å². The van der Waals surface area contributed by atoms with Crippen molar-refractivity contribution in [3.63, 3.8) is 0 Å². The molecule has 214 valence electrons. The molecule has 2 rings (SSSR count). The number of carbonyl (C=O) groups excluding carboxylic acids is 1. The first-order valence-electron chi connectivity index (χ1n) is 14.9. The minimum Gasteiger partial charge on any atom is -0.463 e. The summed E-state index contributed by atoms with van der Waals surface area (Å²) >= 11 is 0. The summed E-state index contributed by atoms with van der Waals surface area (Å²) in [6, 6.07) is 0. The Balaban J connectivity index is -0.000000377. The molecule has 2 aliphatic rings. The quantitative estimate of drug-likeness (QED) is 0.326. The van der Waals surface area contributed by atoms with Crippen molar-refractivity contribution < 1.29 is 14.3 Å². The Morgan fingerprint density at radius 2 is 1.20 bits per heavy atom. The maximum absolute atomic E-state index is 10.2. The van der Waals surface area contributed by atoms with Crippen molar-refractivity contribution >= 4 is 5.97 Å². The zero-order valence-electron chi connectivity index (χ0n) is 26.9. The van der Waals surface area contributed by atoms with E-state index in [1.807, 2.05) is 13.8 Å². The SMILES string of the molecule is CC1CC2CC1C(C)C2C.CCC(C)C.CCC(C)CC.CCC(C)OC.CCC(C)OC(C)=O. The molecule has 0 aromatic heterocycles. The van der Waals surface area contributed by atoms with Crippen molar-refractivity contribution in [2.45, 2.75) is 154 Å². The zero-order chi connectivity index (χ0) is 28.1. The first kappa shape index (κ1) is 39.0. The fourth-order valence-electron chi connectivity index (χ4n) is 4.13. The second kappa shape index (κ2) is 23.8. The number of ether oxygens (including phenoxy) is 2. The third-order valence-electron chi connectivity index (χ3n) is 8.36. The van der Waals surface area contributed by atoms with Crippen LogP contribution in [0.15, 0.2) is 0 Å². The molecule has 0 spiro atoms. The van der Waals surface area contributed by atoms with E-state index in [1.165, 1.54) is 32.6 Å². The summed E-state index contributed by atoms with van der Waals surface area (Å²) in [5.41, 5.74) is 0. The normalized spacial score (nSPS) is 25.6. The van der Waals surface area contributed by atoms with Gasteiger partial charge >= 0.3 is 5.97 Å². The number of methoxy groups -OCH3 is 1. The average Bonchev–Trinajstić information content (AvgIpc) is 3.35. The van der Waals surface area contributed by atoms with Crippen LogP contribution in [0.25, 0.3) is 0 Å². The summed E-state index contributed by atoms with van der Waals surface area (Å²) in [4.78, 5) is 10.2. The smallest absolute Gasteiger partial charge is 0.302 e. The number of fused-ring (bicyclic) bond motifs is 2. The summed E-state index contributed by atoms with van der Waals surface area (Å²) in [5.74, 6) is 6.89. The van der Waals surface area contributed by atoms with Crippen molar-refractivity contribution in [3.8, 4) is 0 Å². The fourth-order valence-corrected chi connectivity index (χ4v) is 4.13. The molecule has 7 unspecified atom stereocenters. The van der Waals surface area contributed by atoms with E-state index < -0.39 is 0 Å². The van der Waals surface area contributed by atoms with Gasteiger partial charge in [0.05, 0.1) is 12.2 Å². The lowest BCUT2D eigenvalue weighted by atomic mass is 9.77. The van der Waals surface area contributed by atoms with E-state index in [4.69, 9.17) is 9.47 Å². The van der Waals surface area contributed by atoms with Gasteiger partial charge in [-0.25, -0.2) is 0 Å². The Morgan fingerprint density at radius 1 is 0.743 bits per heavy atom. The minimum absolute atomic E-state index is 0.0764. The van der Waals surface area contributed by atoms with Gasteiger partial charge in [-0.2, -0.15) is 0 Å². The molecule has 0 aliphatic heterocycles. The first-order valence-corrected chi connectivity index (χ1v) is 14.9. The number of esters is 1. The largest absolute Gasteiger partial charge is 0.463 e. The van der Waals surface area contributed by atoms with Crippen LogP contribution in [0.3, 0.4) is 0 Å². The maximum atomic E-state index is 10.2. The molecule has 0 radical (unpaired) electrons. The molecule has 3 heteroatoms. The number of rotatable bonds is 7. The summed E-state index contributed by atoms with van der Waals surface area (Å²) in [7, 11) is 1.73. The van der Waals surface area contributed by atoms with E-state index in [-0.39, 0.29) is 12.1 Å². The van der Waals surface area contributed by atoms with Crippen LogP contribution in [0.5, 0.6) is 0 Å². The molecule has 3 nitrogen and oxygen atoms in total. The van der Waals surface area contributed by atoms with Crippen molar-refractivity contribution in [1.29, 1.82) is 0 Å². The molecule has 2 bridgehead atoms. The molecule has 0 amide bonds. The summed E-state index contributed by atoms with van der Waals surface area (Å²) in [6.07, 6.45) is 9.54. The standard InChI is InChI=1S/C10H18.C6H12O2.C6H14.C5H12O.C5H12/c1-6-4-9-5-10(6)8(3)7(9)2;1-4-5(2)8-6(3)7;1-4-6(3)5-2;1-4-5(2)6-3;1-4-5(2)3/h6-10H,4-5H2,1-3H3;5H,4H2,1-3H3;6H,4-5H2,1-3H3;5H,4H2,1-3H3;5H,4H2,1-3H3. The van der Waals surface area contributed by atoms with Gasteiger partial charge in [-0.3, -0.25) is 4.79 Å². The van der Waals surface area contributed by atoms with Crippen LogP contribution >= 0.6 is 0 Å². The van der Waals surface area contributed by atoms with Crippen LogP contribution in [0.2, 0.25) is 0 Å². The predicted octanol–water partition coefficient (Wildman–Crippen LogP) is 10.2. The van der Waals surface area contributed by atoms with Crippen LogP contribution < -0.4 is 0 Å². The Morgan fingerprint density at radius 3 is 1.34 bits per heavy atom. The monoisotopic (exact) mass is 501 g/mol. The van der Waals surface area contributed by atoms with Crippen molar-refractivity contribution in [2.24, 2.45) is 41.4 Å². The molecule has 2 aliphatic carbocycles. The van der Waals surface area contributed by atoms with Crippen LogP contribution in [0.4, 0.5) is 0 Å². The van der Waals surface area contributed by atoms with Crippen LogP contribution in [-0.2, 0) is 14.3 Å². The number of hydrogen-bond acceptors (Lipinski definition) is 3. The maximum Gasteiger partial charge on any atom is 0.302 e. The Kier molecular flexibility index (Phi) is 26.5. The predicted molar refractivity (Wildman–Crippen MR) is 157 cm³/mol. The van der Waals surface area contributed by atoms with Gasteiger partial charge in [0.2, 0.25) is 0 Å². The molecule has 0 N–H and O–H groups in total. The highest BCUT2D eigenvalue weighted by molar-refractivity contribution is 5.66. The summed E-state index contributed by atoms with van der Waals surface area (Å²) in [5, 5.41) is 0. The highest BCUT2D eigenvalue weighted by Gasteiger charge is 2.46. The van der Waals surface area contributed by atoms with Gasteiger partial charge in [-0.15, -0.1) is 0 Å². The molecule has 0 aromatic rings. The Labute approximate surface area is 222 Å². The van der Waals surface area contributed by atoms with Gasteiger partial charge in [-0.1, -0.05) is 95.4 Å². The third-order valence-corrected chi connectivity index (χ3v) is 8.36. The molecule has 0 heterocycles. The zero-order valence-corrected chi connectivity index (χ0v) is 26.9. The molecule has 0 aromatic carbocycles. The van der Waals surface area contributed by atoms with Gasteiger partial charge in [0.25, 0.3) is 0 Å². The lowest BCUT2D eigenvalue weighted by molar-refractivity contribution is -0.145. The van der Waals surface area contributed by atoms with Gasteiger partial charge in [-0.05, 0) is 81.0 Å². The highest BCUT2D eigenvalue weighted by Crippen LogP contribution is 2.54. The molecular weight excluding hydrogens is 432 g/mol. The summed E-state index contributed by atoms with van der Waals surface area (Å²) < 4.78 is 9.66. The van der Waals surface area contributed by atoms with Gasteiger partial charge in [0.15, 0.2) is 0 Å². The van der Waals surface area contributed by atoms with Gasteiger partial charge in [0, 0.05) is 14.0 Å². The Bertz CT molecular complexity index is 442. The van der Waals surface area contributed by atoms with E-state index in [0.717, 1.165) is 54.3 Å². The van der Waals surface area contributed by atoms with E-state index in [0.29, 0.717) is 6.10 Å². The topological polar surface area (TPSA) is 35.5 Å². The van der Waals surface area contributed by atoms with Gasteiger partial charge < -0.3 is 9.47 Å². The van der Waals surface area contributed by atoms with Crippen molar-refractivity contribution in [2.75, 3.05) is 7.11 Å². The van der Waals surface area contributed by atoms with E-state index in [2.05, 4.69) is 76.2 Å². The average molecular weight is 501 g/mol. The van der Waals surface area contributed by atoms with E-state index in [1.54, 1.807) is 13.5 Å². The molecule has 2 saturated carbocycles. The molecule has 2 fully saturated rings. The molecular formula is C32H68O3. The lowest BCUT2D eigenvalue weighted by Gasteiger charge is -2.29. The number of carbonyl (C=O) groups is 1. The first-order chi connectivity index (χ1) is 16.2.